The number of ether oxygens (including phenoxy) is 2. The lowest BCUT2D eigenvalue weighted by atomic mass is 9.95. The molecule has 2 aliphatic heterocycles. The second kappa shape index (κ2) is 11.5. The molecule has 0 saturated carbocycles. The molecule has 0 bridgehead atoms. The Balaban J connectivity index is 1.68. The molecule has 1 atom stereocenters. The second-order valence-electron chi connectivity index (χ2n) is 9.42. The normalized spacial score (nSPS) is 20.5. The first-order valence-corrected chi connectivity index (χ1v) is 12.3. The van der Waals surface area contributed by atoms with Crippen molar-refractivity contribution in [2.24, 2.45) is 5.92 Å². The number of morpholine rings is 1. The lowest BCUT2D eigenvalue weighted by Crippen LogP contribution is -2.42. The molecule has 7 nitrogen and oxygen atoms in total. The minimum absolute atomic E-state index is 0.113. The van der Waals surface area contributed by atoms with Crippen LogP contribution in [0.4, 0.5) is 0 Å². The van der Waals surface area contributed by atoms with Crippen LogP contribution in [0.1, 0.15) is 37.4 Å². The average Bonchev–Trinajstić information content (AvgIpc) is 3.13. The molecule has 2 heterocycles. The SMILES string of the molecule is CC(C)CCOc1cccc(C2/C(=C(\O)c3ccccc3)C(=O)C(=O)N2CCN2CCOCC2)c1. The van der Waals surface area contributed by atoms with Gasteiger partial charge in [-0.1, -0.05) is 56.3 Å². The van der Waals surface area contributed by atoms with Crippen molar-refractivity contribution >= 4 is 17.4 Å². The zero-order chi connectivity index (χ0) is 24.8. The van der Waals surface area contributed by atoms with Crippen LogP contribution in [-0.2, 0) is 14.3 Å². The van der Waals surface area contributed by atoms with E-state index in [1.807, 2.05) is 30.3 Å². The van der Waals surface area contributed by atoms with E-state index >= 15 is 0 Å². The summed E-state index contributed by atoms with van der Waals surface area (Å²) in [5.41, 5.74) is 1.36. The monoisotopic (exact) mass is 478 g/mol. The number of carbonyl (C=O) groups excluding carboxylic acids is 2. The Labute approximate surface area is 206 Å². The number of aliphatic hydroxyl groups is 1. The molecule has 0 spiro atoms. The van der Waals surface area contributed by atoms with E-state index in [1.165, 1.54) is 0 Å². The molecule has 0 radical (unpaired) electrons. The minimum Gasteiger partial charge on any atom is -0.507 e. The van der Waals surface area contributed by atoms with Crippen LogP contribution >= 0.6 is 0 Å². The largest absolute Gasteiger partial charge is 0.507 e. The number of carbonyl (C=O) groups is 2. The van der Waals surface area contributed by atoms with Crippen LogP contribution in [0.2, 0.25) is 0 Å². The highest BCUT2D eigenvalue weighted by Crippen LogP contribution is 2.40. The first-order valence-electron chi connectivity index (χ1n) is 12.3. The van der Waals surface area contributed by atoms with Crippen LogP contribution < -0.4 is 4.74 Å². The minimum atomic E-state index is -0.690. The van der Waals surface area contributed by atoms with Gasteiger partial charge in [-0.15, -0.1) is 0 Å². The fraction of sp³-hybridized carbons (Fsp3) is 0.429. The predicted octanol–water partition coefficient (Wildman–Crippen LogP) is 3.87. The zero-order valence-electron chi connectivity index (χ0n) is 20.5. The lowest BCUT2D eigenvalue weighted by molar-refractivity contribution is -0.140. The average molecular weight is 479 g/mol. The first kappa shape index (κ1) is 24.9. The van der Waals surface area contributed by atoms with Gasteiger partial charge in [0, 0.05) is 31.7 Å². The van der Waals surface area contributed by atoms with Gasteiger partial charge in [0.1, 0.15) is 11.5 Å². The number of hydrogen-bond donors (Lipinski definition) is 1. The van der Waals surface area contributed by atoms with Gasteiger partial charge >= 0.3 is 0 Å². The van der Waals surface area contributed by atoms with E-state index in [1.54, 1.807) is 29.2 Å². The van der Waals surface area contributed by atoms with Crippen molar-refractivity contribution in [1.82, 2.24) is 9.80 Å². The molecular weight excluding hydrogens is 444 g/mol. The molecule has 0 aliphatic carbocycles. The van der Waals surface area contributed by atoms with Crippen molar-refractivity contribution in [2.75, 3.05) is 46.0 Å². The molecular formula is C28H34N2O5. The van der Waals surface area contributed by atoms with Gasteiger partial charge in [0.15, 0.2) is 0 Å². The topological polar surface area (TPSA) is 79.3 Å². The third-order valence-electron chi connectivity index (χ3n) is 6.49. The summed E-state index contributed by atoms with van der Waals surface area (Å²) in [6.45, 7) is 8.77. The maximum absolute atomic E-state index is 13.2. The first-order chi connectivity index (χ1) is 17.0. The van der Waals surface area contributed by atoms with Crippen molar-refractivity contribution in [3.05, 3.63) is 71.3 Å². The zero-order valence-corrected chi connectivity index (χ0v) is 20.5. The Morgan fingerprint density at radius 3 is 2.51 bits per heavy atom. The van der Waals surface area contributed by atoms with Crippen molar-refractivity contribution in [1.29, 1.82) is 0 Å². The highest BCUT2D eigenvalue weighted by molar-refractivity contribution is 6.46. The van der Waals surface area contributed by atoms with Gasteiger partial charge in [0.05, 0.1) is 31.4 Å². The number of nitrogens with zero attached hydrogens (tertiary/aromatic N) is 2. The van der Waals surface area contributed by atoms with Crippen LogP contribution in [0.25, 0.3) is 5.76 Å². The molecule has 1 unspecified atom stereocenters. The third kappa shape index (κ3) is 5.92. The van der Waals surface area contributed by atoms with Gasteiger partial charge in [-0.05, 0) is 30.0 Å². The Bertz CT molecular complexity index is 1060. The van der Waals surface area contributed by atoms with Gasteiger partial charge in [-0.3, -0.25) is 14.5 Å². The van der Waals surface area contributed by atoms with E-state index in [0.29, 0.717) is 50.1 Å². The number of benzene rings is 2. The molecule has 2 fully saturated rings. The van der Waals surface area contributed by atoms with Gasteiger partial charge in [-0.25, -0.2) is 0 Å². The van der Waals surface area contributed by atoms with Gasteiger partial charge in [0.25, 0.3) is 11.7 Å². The van der Waals surface area contributed by atoms with E-state index in [9.17, 15) is 14.7 Å². The molecule has 0 aromatic heterocycles. The maximum Gasteiger partial charge on any atom is 0.295 e. The summed E-state index contributed by atoms with van der Waals surface area (Å²) >= 11 is 0. The maximum atomic E-state index is 13.2. The van der Waals surface area contributed by atoms with Crippen LogP contribution in [0, 0.1) is 5.92 Å². The molecule has 2 aliphatic rings. The van der Waals surface area contributed by atoms with E-state index in [2.05, 4.69) is 18.7 Å². The molecule has 2 aromatic rings. The molecule has 4 rings (SSSR count). The summed E-state index contributed by atoms with van der Waals surface area (Å²) in [7, 11) is 0. The van der Waals surface area contributed by atoms with E-state index in [4.69, 9.17) is 9.47 Å². The molecule has 35 heavy (non-hydrogen) atoms. The summed E-state index contributed by atoms with van der Waals surface area (Å²) in [4.78, 5) is 30.2. The van der Waals surface area contributed by atoms with Gasteiger partial charge in [-0.2, -0.15) is 0 Å². The quantitative estimate of drug-likeness (QED) is 0.335. The summed E-state index contributed by atoms with van der Waals surface area (Å²) < 4.78 is 11.4. The number of hydrogen-bond acceptors (Lipinski definition) is 6. The van der Waals surface area contributed by atoms with Gasteiger partial charge < -0.3 is 19.5 Å². The number of likely N-dealkylation sites (tertiary alicyclic amines) is 1. The van der Waals surface area contributed by atoms with Crippen molar-refractivity contribution in [2.45, 2.75) is 26.3 Å². The fourth-order valence-corrected chi connectivity index (χ4v) is 4.47. The molecule has 2 aromatic carbocycles. The molecule has 2 saturated heterocycles. The highest BCUT2D eigenvalue weighted by atomic mass is 16.5. The standard InChI is InChI=1S/C28H34N2O5/c1-20(2)11-16-35-23-10-6-9-22(19-23)25-24(26(31)21-7-4-3-5-8-21)27(32)28(33)30(25)13-12-29-14-17-34-18-15-29/h3-10,19-20,25,31H,11-18H2,1-2H3/b26-24+. The number of Topliss-reactive ketones (excluding diaryl/α,β-unsaturated/α-hetero) is 1. The van der Waals surface area contributed by atoms with Crippen molar-refractivity contribution in [3.8, 4) is 5.75 Å². The predicted molar refractivity (Wildman–Crippen MR) is 134 cm³/mol. The Morgan fingerprint density at radius 1 is 1.06 bits per heavy atom. The number of ketones is 1. The van der Waals surface area contributed by atoms with Crippen LogP contribution in [0.3, 0.4) is 0 Å². The summed E-state index contributed by atoms with van der Waals surface area (Å²) in [6.07, 6.45) is 0.927. The van der Waals surface area contributed by atoms with Crippen LogP contribution in [0.5, 0.6) is 5.75 Å². The third-order valence-corrected chi connectivity index (χ3v) is 6.49. The molecule has 7 heteroatoms. The Kier molecular flexibility index (Phi) is 8.21. The van der Waals surface area contributed by atoms with E-state index in [-0.39, 0.29) is 11.3 Å². The highest BCUT2D eigenvalue weighted by Gasteiger charge is 2.46. The molecule has 1 amide bonds. The fourth-order valence-electron chi connectivity index (χ4n) is 4.47. The summed E-state index contributed by atoms with van der Waals surface area (Å²) in [6, 6.07) is 15.7. The molecule has 1 N–H and O–H groups in total. The number of rotatable bonds is 9. The van der Waals surface area contributed by atoms with Crippen molar-refractivity contribution in [3.63, 3.8) is 0 Å². The number of amides is 1. The van der Waals surface area contributed by atoms with Crippen LogP contribution in [-0.4, -0.2) is 72.6 Å². The van der Waals surface area contributed by atoms with Gasteiger partial charge in [0.2, 0.25) is 0 Å². The molecule has 186 valence electrons. The smallest absolute Gasteiger partial charge is 0.295 e. The van der Waals surface area contributed by atoms with Crippen molar-refractivity contribution < 1.29 is 24.2 Å². The van der Waals surface area contributed by atoms with E-state index in [0.717, 1.165) is 25.1 Å². The second-order valence-corrected chi connectivity index (χ2v) is 9.42. The lowest BCUT2D eigenvalue weighted by Gasteiger charge is -2.31. The van der Waals surface area contributed by atoms with Crippen LogP contribution in [0.15, 0.2) is 60.2 Å². The Morgan fingerprint density at radius 2 is 1.80 bits per heavy atom. The summed E-state index contributed by atoms with van der Waals surface area (Å²) in [5.74, 6) is -0.205. The summed E-state index contributed by atoms with van der Waals surface area (Å²) in [5, 5.41) is 11.2. The Hall–Kier alpha value is -3.16. The number of aliphatic hydroxyl groups excluding tert-OH is 1. The van der Waals surface area contributed by atoms with E-state index < -0.39 is 17.7 Å².